The summed E-state index contributed by atoms with van der Waals surface area (Å²) in [5, 5.41) is 2.55. The molecular weight excluding hydrogens is 332 g/mol. The predicted molar refractivity (Wildman–Crippen MR) is 94.7 cm³/mol. The number of rotatable bonds is 3. The lowest BCUT2D eigenvalue weighted by Crippen LogP contribution is -2.41. The number of nitrogens with zero attached hydrogens (tertiary/aromatic N) is 1. The maximum absolute atomic E-state index is 12.5. The van der Waals surface area contributed by atoms with Crippen molar-refractivity contribution in [3.63, 3.8) is 0 Å². The Kier molecular flexibility index (Phi) is 3.95. The zero-order chi connectivity index (χ0) is 18.3. The van der Waals surface area contributed by atoms with E-state index in [0.29, 0.717) is 12.1 Å². The minimum atomic E-state index is -1.02. The van der Waals surface area contributed by atoms with Crippen LogP contribution in [0, 0.1) is 0 Å². The molecule has 26 heavy (non-hydrogen) atoms. The molecule has 3 amide bonds. The molecule has 132 valence electrons. The van der Waals surface area contributed by atoms with Crippen LogP contribution >= 0.6 is 0 Å². The monoisotopic (exact) mass is 350 g/mol. The molecule has 1 aliphatic carbocycles. The Morgan fingerprint density at radius 3 is 2.65 bits per heavy atom. The normalized spacial score (nSPS) is 15.9. The average molecular weight is 350 g/mol. The van der Waals surface area contributed by atoms with Gasteiger partial charge in [-0.2, -0.15) is 0 Å². The van der Waals surface area contributed by atoms with Gasteiger partial charge < -0.3 is 10.1 Å². The van der Waals surface area contributed by atoms with Crippen molar-refractivity contribution in [2.45, 2.75) is 19.4 Å². The van der Waals surface area contributed by atoms with Crippen LogP contribution in [-0.4, -0.2) is 42.0 Å². The van der Waals surface area contributed by atoms with Crippen LogP contribution in [0.5, 0.6) is 0 Å². The Morgan fingerprint density at radius 2 is 1.88 bits per heavy atom. The molecule has 0 radical (unpaired) electrons. The molecule has 1 heterocycles. The van der Waals surface area contributed by atoms with Gasteiger partial charge in [0, 0.05) is 13.1 Å². The summed E-state index contributed by atoms with van der Waals surface area (Å²) < 4.78 is 5.30. The molecule has 0 unspecified atom stereocenters. The maximum atomic E-state index is 12.5. The highest BCUT2D eigenvalue weighted by Gasteiger charge is 2.32. The quantitative estimate of drug-likeness (QED) is 0.736. The molecule has 0 saturated carbocycles. The lowest BCUT2D eigenvalue weighted by atomic mass is 10.0. The Morgan fingerprint density at radius 1 is 1.12 bits per heavy atom. The fourth-order valence-electron chi connectivity index (χ4n) is 3.43. The molecule has 6 nitrogen and oxygen atoms in total. The highest BCUT2D eigenvalue weighted by molar-refractivity contribution is 6.00. The molecular formula is C20H18N2O4. The number of ether oxygens (including phenoxy) is 1. The topological polar surface area (TPSA) is 75.7 Å². The van der Waals surface area contributed by atoms with Gasteiger partial charge in [-0.05, 0) is 47.7 Å². The van der Waals surface area contributed by atoms with E-state index in [9.17, 15) is 14.4 Å². The minimum absolute atomic E-state index is 0.287. The molecule has 0 aromatic heterocycles. The van der Waals surface area contributed by atoms with Crippen molar-refractivity contribution >= 4 is 17.9 Å². The predicted octanol–water partition coefficient (Wildman–Crippen LogP) is 2.35. The van der Waals surface area contributed by atoms with Gasteiger partial charge in [0.1, 0.15) is 0 Å². The Balaban J connectivity index is 1.51. The van der Waals surface area contributed by atoms with E-state index in [-0.39, 0.29) is 6.54 Å². The number of benzene rings is 2. The van der Waals surface area contributed by atoms with Crippen molar-refractivity contribution < 1.29 is 19.1 Å². The lowest BCUT2D eigenvalue weighted by molar-refractivity contribution is -0.136. The first-order chi connectivity index (χ1) is 12.5. The van der Waals surface area contributed by atoms with Crippen LogP contribution in [0.4, 0.5) is 4.79 Å². The third-order valence-electron chi connectivity index (χ3n) is 4.79. The van der Waals surface area contributed by atoms with Crippen LogP contribution in [0.25, 0.3) is 11.1 Å². The van der Waals surface area contributed by atoms with Gasteiger partial charge in [-0.1, -0.05) is 30.3 Å². The molecule has 2 aliphatic rings. The molecule has 2 aromatic carbocycles. The third kappa shape index (κ3) is 2.73. The first-order valence-corrected chi connectivity index (χ1v) is 8.56. The summed E-state index contributed by atoms with van der Waals surface area (Å²) in [7, 11) is 0. The number of amides is 3. The molecule has 0 bridgehead atoms. The van der Waals surface area contributed by atoms with Gasteiger partial charge >= 0.3 is 12.0 Å². The first kappa shape index (κ1) is 16.3. The molecule has 4 rings (SSSR count). The van der Waals surface area contributed by atoms with Crippen molar-refractivity contribution in [3.05, 3.63) is 59.2 Å². The van der Waals surface area contributed by atoms with Crippen LogP contribution in [-0.2, 0) is 16.0 Å². The molecule has 1 atom stereocenters. The van der Waals surface area contributed by atoms with Crippen LogP contribution in [0.3, 0.4) is 0 Å². The number of hydrogen-bond donors (Lipinski definition) is 1. The van der Waals surface area contributed by atoms with Gasteiger partial charge in [-0.25, -0.2) is 9.59 Å². The van der Waals surface area contributed by atoms with Gasteiger partial charge in [0.2, 0.25) is 0 Å². The van der Waals surface area contributed by atoms with Gasteiger partial charge in [0.05, 0.1) is 5.56 Å². The number of urea groups is 1. The second kappa shape index (κ2) is 6.29. The molecule has 1 fully saturated rings. The summed E-state index contributed by atoms with van der Waals surface area (Å²) in [5.41, 5.74) is 4.94. The summed E-state index contributed by atoms with van der Waals surface area (Å²) in [5.74, 6) is -1.09. The number of imide groups is 1. The van der Waals surface area contributed by atoms with E-state index in [2.05, 4.69) is 11.4 Å². The number of nitrogens with one attached hydrogen (secondary N) is 1. The number of carbonyl (C=O) groups is 3. The van der Waals surface area contributed by atoms with Crippen LogP contribution in [0.15, 0.2) is 42.5 Å². The fraction of sp³-hybridized carbons (Fsp3) is 0.250. The molecule has 1 N–H and O–H groups in total. The SMILES string of the molecule is C[C@@H](OC(=O)c1ccc2c(c1)-c1ccccc1C2)C(=O)N1CCNC1=O. The smallest absolute Gasteiger partial charge is 0.338 e. The van der Waals surface area contributed by atoms with Gasteiger partial charge in [0.15, 0.2) is 6.10 Å². The third-order valence-corrected chi connectivity index (χ3v) is 4.79. The van der Waals surface area contributed by atoms with Gasteiger partial charge in [-0.15, -0.1) is 0 Å². The van der Waals surface area contributed by atoms with E-state index in [1.165, 1.54) is 18.1 Å². The van der Waals surface area contributed by atoms with Crippen molar-refractivity contribution in [2.75, 3.05) is 13.1 Å². The maximum Gasteiger partial charge on any atom is 0.338 e. The van der Waals surface area contributed by atoms with Crippen molar-refractivity contribution in [1.29, 1.82) is 0 Å². The summed E-state index contributed by atoms with van der Waals surface area (Å²) in [4.78, 5) is 37.4. The minimum Gasteiger partial charge on any atom is -0.449 e. The number of carbonyl (C=O) groups excluding carboxylic acids is 3. The van der Waals surface area contributed by atoms with Crippen LogP contribution in [0.1, 0.15) is 28.4 Å². The Hall–Kier alpha value is -3.15. The van der Waals surface area contributed by atoms with E-state index < -0.39 is 24.0 Å². The van der Waals surface area contributed by atoms with Gasteiger partial charge in [0.25, 0.3) is 5.91 Å². The Bertz CT molecular complexity index is 922. The largest absolute Gasteiger partial charge is 0.449 e. The molecule has 1 aliphatic heterocycles. The average Bonchev–Trinajstić information content (AvgIpc) is 3.23. The van der Waals surface area contributed by atoms with E-state index in [1.54, 1.807) is 6.07 Å². The Labute approximate surface area is 150 Å². The molecule has 2 aromatic rings. The standard InChI is InChI=1S/C20H18N2O4/c1-12(18(23)22-9-8-21-20(22)25)26-19(24)15-7-6-14-10-13-4-2-3-5-16(13)17(14)11-15/h2-7,11-12H,8-10H2,1H3,(H,21,25)/t12-/m1/s1. The first-order valence-electron chi connectivity index (χ1n) is 8.56. The summed E-state index contributed by atoms with van der Waals surface area (Å²) in [6, 6.07) is 13.1. The van der Waals surface area contributed by atoms with Crippen LogP contribution < -0.4 is 5.32 Å². The summed E-state index contributed by atoms with van der Waals surface area (Å²) in [6.45, 7) is 2.18. The van der Waals surface area contributed by atoms with Gasteiger partial charge in [-0.3, -0.25) is 9.69 Å². The van der Waals surface area contributed by atoms with Crippen molar-refractivity contribution in [2.24, 2.45) is 0 Å². The number of hydrogen-bond acceptors (Lipinski definition) is 4. The van der Waals surface area contributed by atoms with E-state index in [4.69, 9.17) is 4.74 Å². The highest BCUT2D eigenvalue weighted by atomic mass is 16.5. The van der Waals surface area contributed by atoms with E-state index in [1.807, 2.05) is 30.3 Å². The molecule has 0 spiro atoms. The van der Waals surface area contributed by atoms with Crippen molar-refractivity contribution in [3.8, 4) is 11.1 Å². The lowest BCUT2D eigenvalue weighted by Gasteiger charge is -2.18. The van der Waals surface area contributed by atoms with Crippen LogP contribution in [0.2, 0.25) is 0 Å². The zero-order valence-corrected chi connectivity index (χ0v) is 14.3. The second-order valence-corrected chi connectivity index (χ2v) is 6.48. The van der Waals surface area contributed by atoms with Crippen molar-refractivity contribution in [1.82, 2.24) is 10.2 Å². The number of esters is 1. The second-order valence-electron chi connectivity index (χ2n) is 6.48. The number of fused-ring (bicyclic) bond motifs is 3. The highest BCUT2D eigenvalue weighted by Crippen LogP contribution is 2.36. The fourth-order valence-corrected chi connectivity index (χ4v) is 3.43. The van der Waals surface area contributed by atoms with E-state index >= 15 is 0 Å². The molecule has 1 saturated heterocycles. The summed E-state index contributed by atoms with van der Waals surface area (Å²) in [6.07, 6.45) is -0.174. The summed E-state index contributed by atoms with van der Waals surface area (Å²) >= 11 is 0. The van der Waals surface area contributed by atoms with E-state index in [0.717, 1.165) is 22.4 Å². The molecule has 6 heteroatoms. The zero-order valence-electron chi connectivity index (χ0n) is 14.3.